The molecule has 5 atom stereocenters. The van der Waals surface area contributed by atoms with Gasteiger partial charge in [0.2, 0.25) is 0 Å². The Bertz CT molecular complexity index is 1750. The average Bonchev–Trinajstić information content (AvgIpc) is 3.71. The predicted octanol–water partition coefficient (Wildman–Crippen LogP) is 8.12. The maximum absolute atomic E-state index is 5.46. The molecular formula is C32H23N4S2-. The van der Waals surface area contributed by atoms with Crippen molar-refractivity contribution in [2.75, 3.05) is 4.90 Å². The number of rotatable bonds is 2. The number of benzene rings is 1. The number of thioether (sulfide) groups is 2. The molecule has 0 fully saturated rings. The molecule has 0 radical (unpaired) electrons. The molecule has 5 unspecified atom stereocenters. The summed E-state index contributed by atoms with van der Waals surface area (Å²) in [6.45, 7) is 0. The molecule has 0 N–H and O–H groups in total. The van der Waals surface area contributed by atoms with E-state index in [2.05, 4.69) is 113 Å². The van der Waals surface area contributed by atoms with Crippen molar-refractivity contribution in [1.29, 1.82) is 0 Å². The zero-order valence-electron chi connectivity index (χ0n) is 20.4. The van der Waals surface area contributed by atoms with Crippen molar-refractivity contribution < 1.29 is 0 Å². The summed E-state index contributed by atoms with van der Waals surface area (Å²) in [5.41, 5.74) is 9.76. The number of para-hydroxylation sites is 1. The maximum Gasteiger partial charge on any atom is 0.0999 e. The van der Waals surface area contributed by atoms with Crippen molar-refractivity contribution in [2.24, 2.45) is 0 Å². The van der Waals surface area contributed by atoms with Crippen LogP contribution in [0.15, 0.2) is 120 Å². The van der Waals surface area contributed by atoms with Crippen LogP contribution < -0.4 is 4.90 Å². The summed E-state index contributed by atoms with van der Waals surface area (Å²) in [7, 11) is 0. The van der Waals surface area contributed by atoms with E-state index in [9.17, 15) is 0 Å². The first-order chi connectivity index (χ1) is 18.8. The van der Waals surface area contributed by atoms with E-state index in [0.717, 1.165) is 11.4 Å². The minimum absolute atomic E-state index is 0.0892. The Kier molecular flexibility index (Phi) is 4.46. The van der Waals surface area contributed by atoms with Crippen molar-refractivity contribution in [3.63, 3.8) is 0 Å². The number of hydrogen-bond donors (Lipinski definition) is 0. The monoisotopic (exact) mass is 527 g/mol. The second-order valence-corrected chi connectivity index (χ2v) is 12.7. The van der Waals surface area contributed by atoms with Gasteiger partial charge in [0, 0.05) is 23.1 Å². The third kappa shape index (κ3) is 2.93. The Hall–Kier alpha value is -3.61. The summed E-state index contributed by atoms with van der Waals surface area (Å²) in [6, 6.07) is 12.9. The summed E-state index contributed by atoms with van der Waals surface area (Å²) >= 11 is 3.99. The summed E-state index contributed by atoms with van der Waals surface area (Å²) in [6.07, 6.45) is 26.9. The van der Waals surface area contributed by atoms with Crippen molar-refractivity contribution in [3.8, 4) is 0 Å². The van der Waals surface area contributed by atoms with Gasteiger partial charge in [0.05, 0.1) is 32.6 Å². The number of anilines is 1. The largest absolute Gasteiger partial charge is 0.670 e. The van der Waals surface area contributed by atoms with Crippen LogP contribution in [0.25, 0.3) is 22.3 Å². The van der Waals surface area contributed by atoms with E-state index in [1.807, 2.05) is 29.7 Å². The SMILES string of the molecule is C1=CC2=CC(N3C4=Cc5c(c6ccccc6n5C5C=C6C=CC=CC6S5)[N-]C4c4ncccc43)SC2C=C1. The Morgan fingerprint density at radius 3 is 2.39 bits per heavy atom. The van der Waals surface area contributed by atoms with Gasteiger partial charge >= 0.3 is 0 Å². The number of hydrogen-bond acceptors (Lipinski definition) is 4. The van der Waals surface area contributed by atoms with E-state index in [-0.39, 0.29) is 16.8 Å². The molecule has 0 amide bonds. The molecule has 1 aromatic carbocycles. The topological polar surface area (TPSA) is 35.2 Å². The highest BCUT2D eigenvalue weighted by molar-refractivity contribution is 8.01. The molecule has 0 saturated heterocycles. The maximum atomic E-state index is 5.46. The van der Waals surface area contributed by atoms with Gasteiger partial charge in [0.1, 0.15) is 0 Å². The molecule has 0 saturated carbocycles. The lowest BCUT2D eigenvalue weighted by Crippen LogP contribution is -2.28. The lowest BCUT2D eigenvalue weighted by molar-refractivity contribution is 0.822. The molecule has 3 aromatic rings. The normalized spacial score (nSPS) is 29.3. The quantitative estimate of drug-likeness (QED) is 0.337. The van der Waals surface area contributed by atoms with Gasteiger partial charge in [-0.15, -0.1) is 29.2 Å². The molecular weight excluding hydrogens is 505 g/mol. The van der Waals surface area contributed by atoms with Gasteiger partial charge in [-0.3, -0.25) is 4.98 Å². The van der Waals surface area contributed by atoms with E-state index in [1.165, 1.54) is 39.1 Å². The standard InChI is InChI=1S/C32H23N4S2/c1-5-13-26-19(8-1)16-28(37-26)35-22-11-4-3-10-21(22)30-24(35)18-25-32(34-30)31-23(12-7-15-33-31)36(25)29-17-20-9-2-6-14-27(20)38-29/h1-18,26-29,32H/q-1. The second-order valence-electron chi connectivity index (χ2n) is 10.2. The Balaban J connectivity index is 1.23. The van der Waals surface area contributed by atoms with Gasteiger partial charge in [-0.2, -0.15) is 0 Å². The summed E-state index contributed by atoms with van der Waals surface area (Å²) < 4.78 is 2.51. The average molecular weight is 528 g/mol. The van der Waals surface area contributed by atoms with Crippen LogP contribution in [0.5, 0.6) is 0 Å². The molecule has 184 valence electrons. The fourth-order valence-electron chi connectivity index (χ4n) is 6.48. The van der Waals surface area contributed by atoms with Crippen LogP contribution in [0.3, 0.4) is 0 Å². The van der Waals surface area contributed by atoms with Crippen LogP contribution in [0.4, 0.5) is 11.4 Å². The van der Waals surface area contributed by atoms with E-state index in [1.54, 1.807) is 0 Å². The van der Waals surface area contributed by atoms with Gasteiger partial charge in [-0.1, -0.05) is 66.8 Å². The van der Waals surface area contributed by atoms with Gasteiger partial charge in [-0.05, 0) is 59.0 Å². The molecule has 2 aliphatic carbocycles. The van der Waals surface area contributed by atoms with E-state index >= 15 is 0 Å². The lowest BCUT2D eigenvalue weighted by atomic mass is 10.0. The second kappa shape index (κ2) is 7.95. The van der Waals surface area contributed by atoms with Crippen LogP contribution in [-0.2, 0) is 0 Å². The summed E-state index contributed by atoms with van der Waals surface area (Å²) in [5.74, 6) is 0. The van der Waals surface area contributed by atoms with Crippen LogP contribution in [0, 0.1) is 0 Å². The Morgan fingerprint density at radius 2 is 1.58 bits per heavy atom. The van der Waals surface area contributed by atoms with E-state index in [0.29, 0.717) is 10.5 Å². The lowest BCUT2D eigenvalue weighted by Gasteiger charge is -2.38. The number of nitrogens with zero attached hydrogens (tertiary/aromatic N) is 4. The van der Waals surface area contributed by atoms with Crippen LogP contribution in [-0.4, -0.2) is 25.4 Å². The first kappa shape index (κ1) is 21.3. The molecule has 2 aromatic heterocycles. The summed E-state index contributed by atoms with van der Waals surface area (Å²) in [5, 5.41) is 7.91. The number of allylic oxidation sites excluding steroid dienone is 6. The highest BCUT2D eigenvalue weighted by Crippen LogP contribution is 2.59. The van der Waals surface area contributed by atoms with Gasteiger partial charge in [0.15, 0.2) is 0 Å². The van der Waals surface area contributed by atoms with Crippen LogP contribution in [0.2, 0.25) is 0 Å². The zero-order chi connectivity index (χ0) is 24.8. The fraction of sp³-hybridized carbons (Fsp3) is 0.156. The number of aromatic nitrogens is 2. The fourth-order valence-corrected chi connectivity index (χ4v) is 9.25. The molecule has 6 heterocycles. The van der Waals surface area contributed by atoms with Gasteiger partial charge in [-0.25, -0.2) is 0 Å². The van der Waals surface area contributed by atoms with E-state index in [4.69, 9.17) is 10.3 Å². The zero-order valence-corrected chi connectivity index (χ0v) is 22.0. The van der Waals surface area contributed by atoms with Crippen molar-refractivity contribution in [1.82, 2.24) is 9.55 Å². The molecule has 9 rings (SSSR count). The van der Waals surface area contributed by atoms with Crippen LogP contribution >= 0.6 is 23.5 Å². The third-order valence-corrected chi connectivity index (χ3v) is 10.8. The molecule has 6 aliphatic rings. The van der Waals surface area contributed by atoms with Crippen LogP contribution in [0.1, 0.15) is 22.8 Å². The number of fused-ring (bicyclic) bond motifs is 8. The van der Waals surface area contributed by atoms with Crippen molar-refractivity contribution >= 4 is 51.9 Å². The van der Waals surface area contributed by atoms with Gasteiger partial charge in [0.25, 0.3) is 0 Å². The predicted molar refractivity (Wildman–Crippen MR) is 161 cm³/mol. The smallest absolute Gasteiger partial charge is 0.0999 e. The minimum Gasteiger partial charge on any atom is -0.670 e. The minimum atomic E-state index is -0.0892. The molecule has 0 spiro atoms. The Morgan fingerprint density at radius 1 is 0.816 bits per heavy atom. The van der Waals surface area contributed by atoms with Crippen molar-refractivity contribution in [2.45, 2.75) is 27.3 Å². The third-order valence-electron chi connectivity index (χ3n) is 8.14. The highest BCUT2D eigenvalue weighted by Gasteiger charge is 2.40. The molecule has 4 aliphatic heterocycles. The van der Waals surface area contributed by atoms with Crippen molar-refractivity contribution in [3.05, 3.63) is 137 Å². The highest BCUT2D eigenvalue weighted by atomic mass is 32.2. The molecule has 4 nitrogen and oxygen atoms in total. The first-order valence-electron chi connectivity index (χ1n) is 13.1. The summed E-state index contributed by atoms with van der Waals surface area (Å²) in [4.78, 5) is 7.36. The van der Waals surface area contributed by atoms with Gasteiger partial charge < -0.3 is 14.8 Å². The molecule has 6 heteroatoms. The van der Waals surface area contributed by atoms with E-state index < -0.39 is 0 Å². The first-order valence-corrected chi connectivity index (χ1v) is 15.0. The molecule has 38 heavy (non-hydrogen) atoms. The Labute approximate surface area is 229 Å². The molecule has 0 bridgehead atoms. The number of pyridine rings is 1.